The second-order valence-electron chi connectivity index (χ2n) is 2.79. The molecule has 0 aliphatic heterocycles. The highest BCUT2D eigenvalue weighted by molar-refractivity contribution is 6.44. The van der Waals surface area contributed by atoms with E-state index in [1.165, 1.54) is 7.11 Å². The monoisotopic (exact) mass is 272 g/mol. The van der Waals surface area contributed by atoms with Crippen LogP contribution in [0.2, 0.25) is 0 Å². The molecule has 94 valence electrons. The number of methoxy groups -OCH3 is 1. The number of hydrogen-bond acceptors (Lipinski definition) is 5. The van der Waals surface area contributed by atoms with Gasteiger partial charge in [0.1, 0.15) is 18.1 Å². The van der Waals surface area contributed by atoms with Gasteiger partial charge in [-0.15, -0.1) is 23.2 Å². The summed E-state index contributed by atoms with van der Waals surface area (Å²) in [7, 11) is 1.50. The molecule has 0 atom stereocenters. The maximum absolute atomic E-state index is 11.0. The Balaban J connectivity index is 3.47. The maximum atomic E-state index is 11.0. The van der Waals surface area contributed by atoms with Crippen molar-refractivity contribution in [3.63, 3.8) is 0 Å². The van der Waals surface area contributed by atoms with Gasteiger partial charge in [0.15, 0.2) is 0 Å². The van der Waals surface area contributed by atoms with Crippen LogP contribution in [-0.4, -0.2) is 43.7 Å². The second kappa shape index (κ2) is 9.69. The van der Waals surface area contributed by atoms with Crippen molar-refractivity contribution in [2.75, 3.05) is 26.9 Å². The van der Waals surface area contributed by atoms with Gasteiger partial charge in [-0.05, 0) is 0 Å². The summed E-state index contributed by atoms with van der Waals surface area (Å²) in [6, 6.07) is 0. The molecular weight excluding hydrogens is 259 g/mol. The van der Waals surface area contributed by atoms with E-state index in [1.807, 2.05) is 0 Å². The summed E-state index contributed by atoms with van der Waals surface area (Å²) in [5.74, 6) is -1.00. The average Bonchev–Trinajstić information content (AvgIpc) is 2.24. The van der Waals surface area contributed by atoms with E-state index in [2.05, 4.69) is 9.47 Å². The summed E-state index contributed by atoms with van der Waals surface area (Å²) in [5, 5.41) is 0. The molecule has 0 spiro atoms. The van der Waals surface area contributed by atoms with Crippen LogP contribution in [0.3, 0.4) is 0 Å². The van der Waals surface area contributed by atoms with E-state index in [4.69, 9.17) is 27.9 Å². The van der Waals surface area contributed by atoms with Crippen molar-refractivity contribution in [3.05, 3.63) is 0 Å². The summed E-state index contributed by atoms with van der Waals surface area (Å²) in [4.78, 5) is 21.3. The standard InChI is InChI=1S/C9H14Cl2O5/c1-14-4-5-15-8(12)2-3-9(13)16-6-7(10)11/h7H,2-6H2,1H3. The number of rotatable bonds is 8. The average molecular weight is 273 g/mol. The molecule has 16 heavy (non-hydrogen) atoms. The molecule has 7 heteroatoms. The zero-order valence-electron chi connectivity index (χ0n) is 8.91. The van der Waals surface area contributed by atoms with Crippen molar-refractivity contribution in [3.8, 4) is 0 Å². The molecule has 0 aliphatic carbocycles. The van der Waals surface area contributed by atoms with Gasteiger partial charge in [0.25, 0.3) is 0 Å². The van der Waals surface area contributed by atoms with Gasteiger partial charge in [-0.2, -0.15) is 0 Å². The third-order valence-corrected chi connectivity index (χ3v) is 1.71. The molecule has 0 aromatic carbocycles. The van der Waals surface area contributed by atoms with Gasteiger partial charge in [-0.25, -0.2) is 0 Å². The van der Waals surface area contributed by atoms with Crippen LogP contribution in [0.15, 0.2) is 0 Å². The zero-order chi connectivity index (χ0) is 12.4. The summed E-state index contributed by atoms with van der Waals surface area (Å²) in [5.41, 5.74) is 0. The fourth-order valence-corrected chi connectivity index (χ4v) is 0.869. The SMILES string of the molecule is COCCOC(=O)CCC(=O)OCC(Cl)Cl. The van der Waals surface area contributed by atoms with E-state index in [0.717, 1.165) is 0 Å². The predicted octanol–water partition coefficient (Wildman–Crippen LogP) is 1.30. The molecule has 0 amide bonds. The van der Waals surface area contributed by atoms with Crippen molar-refractivity contribution >= 4 is 35.1 Å². The lowest BCUT2D eigenvalue weighted by atomic mass is 10.3. The Morgan fingerprint density at radius 1 is 1.06 bits per heavy atom. The van der Waals surface area contributed by atoms with Gasteiger partial charge in [-0.3, -0.25) is 9.59 Å². The molecule has 0 rings (SSSR count). The molecule has 0 aromatic rings. The zero-order valence-corrected chi connectivity index (χ0v) is 10.4. The van der Waals surface area contributed by atoms with Crippen LogP contribution >= 0.6 is 23.2 Å². The van der Waals surface area contributed by atoms with Crippen LogP contribution in [0.25, 0.3) is 0 Å². The van der Waals surface area contributed by atoms with Crippen molar-refractivity contribution < 1.29 is 23.8 Å². The molecule has 0 aromatic heterocycles. The van der Waals surface area contributed by atoms with Crippen molar-refractivity contribution in [2.24, 2.45) is 0 Å². The Kier molecular flexibility index (Phi) is 9.37. The lowest BCUT2D eigenvalue weighted by molar-refractivity contribution is -0.150. The normalized spacial score (nSPS) is 10.2. The van der Waals surface area contributed by atoms with Crippen molar-refractivity contribution in [1.82, 2.24) is 0 Å². The fraction of sp³-hybridized carbons (Fsp3) is 0.778. The lowest BCUT2D eigenvalue weighted by Gasteiger charge is -2.05. The molecule has 0 radical (unpaired) electrons. The molecule has 5 nitrogen and oxygen atoms in total. The minimum Gasteiger partial charge on any atom is -0.463 e. The number of halogens is 2. The fourth-order valence-electron chi connectivity index (χ4n) is 0.743. The van der Waals surface area contributed by atoms with E-state index in [-0.39, 0.29) is 26.1 Å². The van der Waals surface area contributed by atoms with Crippen LogP contribution in [-0.2, 0) is 23.8 Å². The first-order valence-electron chi connectivity index (χ1n) is 4.64. The second-order valence-corrected chi connectivity index (χ2v) is 4.06. The third-order valence-electron chi connectivity index (χ3n) is 1.45. The van der Waals surface area contributed by atoms with E-state index >= 15 is 0 Å². The molecule has 0 bridgehead atoms. The number of ether oxygens (including phenoxy) is 3. The van der Waals surface area contributed by atoms with Crippen LogP contribution in [0, 0.1) is 0 Å². The highest BCUT2D eigenvalue weighted by Crippen LogP contribution is 2.03. The van der Waals surface area contributed by atoms with Crippen LogP contribution in [0.1, 0.15) is 12.8 Å². The van der Waals surface area contributed by atoms with Crippen LogP contribution in [0.5, 0.6) is 0 Å². The van der Waals surface area contributed by atoms with E-state index in [9.17, 15) is 9.59 Å². The molecular formula is C9H14Cl2O5. The van der Waals surface area contributed by atoms with Gasteiger partial charge in [0, 0.05) is 7.11 Å². The Morgan fingerprint density at radius 2 is 1.62 bits per heavy atom. The molecule has 0 unspecified atom stereocenters. The predicted molar refractivity (Wildman–Crippen MR) is 58.5 cm³/mol. The summed E-state index contributed by atoms with van der Waals surface area (Å²) in [6.07, 6.45) is -0.0793. The number of carbonyl (C=O) groups is 2. The highest BCUT2D eigenvalue weighted by atomic mass is 35.5. The van der Waals surface area contributed by atoms with E-state index in [0.29, 0.717) is 6.61 Å². The Bertz CT molecular complexity index is 220. The van der Waals surface area contributed by atoms with Gasteiger partial charge < -0.3 is 14.2 Å². The molecule has 0 N–H and O–H groups in total. The summed E-state index contributed by atoms with van der Waals surface area (Å²) in [6.45, 7) is 0.423. The third kappa shape index (κ3) is 10.0. The van der Waals surface area contributed by atoms with Gasteiger partial charge in [0.2, 0.25) is 0 Å². The first-order valence-corrected chi connectivity index (χ1v) is 5.52. The van der Waals surface area contributed by atoms with Gasteiger partial charge in [0.05, 0.1) is 19.4 Å². The largest absolute Gasteiger partial charge is 0.463 e. The summed E-state index contributed by atoms with van der Waals surface area (Å²) < 4.78 is 14.1. The molecule has 0 heterocycles. The number of esters is 2. The van der Waals surface area contributed by atoms with Gasteiger partial charge >= 0.3 is 11.9 Å². The highest BCUT2D eigenvalue weighted by Gasteiger charge is 2.10. The Labute approximate surface area is 104 Å². The van der Waals surface area contributed by atoms with Crippen LogP contribution < -0.4 is 0 Å². The lowest BCUT2D eigenvalue weighted by Crippen LogP contribution is -2.14. The van der Waals surface area contributed by atoms with Gasteiger partial charge in [-0.1, -0.05) is 0 Å². The Hall–Kier alpha value is -0.520. The minimum atomic E-state index is -0.752. The first-order chi connectivity index (χ1) is 7.56. The minimum absolute atomic E-state index is 0.0300. The topological polar surface area (TPSA) is 61.8 Å². The number of alkyl halides is 2. The molecule has 0 saturated carbocycles. The molecule has 0 aliphatic rings. The van der Waals surface area contributed by atoms with Crippen LogP contribution in [0.4, 0.5) is 0 Å². The summed E-state index contributed by atoms with van der Waals surface area (Å²) >= 11 is 10.7. The Morgan fingerprint density at radius 3 is 2.12 bits per heavy atom. The number of carbonyl (C=O) groups excluding carboxylic acids is 2. The van der Waals surface area contributed by atoms with Crippen molar-refractivity contribution in [1.29, 1.82) is 0 Å². The van der Waals surface area contributed by atoms with Crippen molar-refractivity contribution in [2.45, 2.75) is 17.7 Å². The number of hydrogen-bond donors (Lipinski definition) is 0. The first kappa shape index (κ1) is 15.5. The quantitative estimate of drug-likeness (QED) is 0.379. The molecule has 0 saturated heterocycles. The van der Waals surface area contributed by atoms with E-state index in [1.54, 1.807) is 0 Å². The smallest absolute Gasteiger partial charge is 0.306 e. The molecule has 0 fully saturated rings. The van der Waals surface area contributed by atoms with E-state index < -0.39 is 16.8 Å². The maximum Gasteiger partial charge on any atom is 0.306 e.